The van der Waals surface area contributed by atoms with Crippen LogP contribution in [0.1, 0.15) is 16.2 Å². The van der Waals surface area contributed by atoms with Crippen molar-refractivity contribution in [1.82, 2.24) is 24.8 Å². The molecule has 7 nitrogen and oxygen atoms in total. The van der Waals surface area contributed by atoms with Gasteiger partial charge in [-0.25, -0.2) is 4.98 Å². The molecule has 24 heavy (non-hydrogen) atoms. The number of carbonyl (C=O) groups is 2. The van der Waals surface area contributed by atoms with E-state index in [1.165, 1.54) is 11.3 Å². The van der Waals surface area contributed by atoms with E-state index in [0.717, 1.165) is 16.4 Å². The van der Waals surface area contributed by atoms with E-state index < -0.39 is 11.7 Å². The maximum absolute atomic E-state index is 12.0. The number of amides is 1. The van der Waals surface area contributed by atoms with Crippen molar-refractivity contribution in [1.29, 1.82) is 0 Å². The quantitative estimate of drug-likeness (QED) is 0.542. The normalized spacial score (nSPS) is 10.5. The maximum atomic E-state index is 12.0. The minimum Gasteiger partial charge on any atom is -0.349 e. The van der Waals surface area contributed by atoms with Gasteiger partial charge in [0.15, 0.2) is 0 Å². The summed E-state index contributed by atoms with van der Waals surface area (Å²) in [5.74, 6) is -1.15. The molecule has 0 aromatic carbocycles. The fraction of sp³-hybridized carbons (Fsp3) is 0.188. The molecule has 3 heterocycles. The Balaban J connectivity index is 1.54. The minimum atomic E-state index is -0.610. The van der Waals surface area contributed by atoms with Gasteiger partial charge in [0.1, 0.15) is 10.7 Å². The number of aromatic nitrogens is 4. The van der Waals surface area contributed by atoms with Crippen molar-refractivity contribution >= 4 is 23.0 Å². The average molecular weight is 341 g/mol. The molecule has 0 aliphatic carbocycles. The van der Waals surface area contributed by atoms with Crippen molar-refractivity contribution in [3.63, 3.8) is 0 Å². The highest BCUT2D eigenvalue weighted by molar-refractivity contribution is 7.13. The summed E-state index contributed by atoms with van der Waals surface area (Å²) in [6, 6.07) is 3.35. The molecule has 1 N–H and O–H groups in total. The molecular formula is C16H15N5O2S. The molecule has 0 atom stereocenters. The lowest BCUT2D eigenvalue weighted by atomic mass is 10.2. The van der Waals surface area contributed by atoms with Crippen molar-refractivity contribution in [2.75, 3.05) is 6.54 Å². The van der Waals surface area contributed by atoms with Gasteiger partial charge in [0, 0.05) is 44.0 Å². The number of hydrogen-bond acceptors (Lipinski definition) is 6. The molecule has 0 bridgehead atoms. The van der Waals surface area contributed by atoms with Crippen molar-refractivity contribution in [2.24, 2.45) is 7.05 Å². The second kappa shape index (κ2) is 7.14. The van der Waals surface area contributed by atoms with Crippen molar-refractivity contribution in [3.8, 4) is 10.7 Å². The Morgan fingerprint density at radius 2 is 2.21 bits per heavy atom. The van der Waals surface area contributed by atoms with Gasteiger partial charge in [-0.15, -0.1) is 11.3 Å². The van der Waals surface area contributed by atoms with Crippen molar-refractivity contribution in [3.05, 3.63) is 53.7 Å². The van der Waals surface area contributed by atoms with Gasteiger partial charge in [-0.05, 0) is 12.1 Å². The number of carbonyl (C=O) groups excluding carboxylic acids is 2. The number of Topliss-reactive ketones (excluding diaryl/α,β-unsaturated/α-hetero) is 1. The summed E-state index contributed by atoms with van der Waals surface area (Å²) in [6.45, 7) is 0.346. The van der Waals surface area contributed by atoms with E-state index in [2.05, 4.69) is 20.3 Å². The summed E-state index contributed by atoms with van der Waals surface area (Å²) < 4.78 is 1.62. The highest BCUT2D eigenvalue weighted by Gasteiger charge is 2.18. The first-order chi connectivity index (χ1) is 11.6. The van der Waals surface area contributed by atoms with E-state index in [0.29, 0.717) is 18.7 Å². The number of ketones is 1. The predicted molar refractivity (Wildman–Crippen MR) is 89.6 cm³/mol. The second-order valence-corrected chi connectivity index (χ2v) is 5.93. The molecule has 3 aromatic heterocycles. The van der Waals surface area contributed by atoms with E-state index in [-0.39, 0.29) is 0 Å². The lowest BCUT2D eigenvalue weighted by molar-refractivity contribution is -0.117. The zero-order chi connectivity index (χ0) is 16.9. The monoisotopic (exact) mass is 341 g/mol. The predicted octanol–water partition coefficient (Wildman–Crippen LogP) is 1.48. The molecule has 3 aromatic rings. The molecular weight excluding hydrogens is 326 g/mol. The number of nitrogens with zero attached hydrogens (tertiary/aromatic N) is 4. The number of rotatable bonds is 6. The first-order valence-corrected chi connectivity index (χ1v) is 8.18. The second-order valence-electron chi connectivity index (χ2n) is 5.07. The molecule has 0 aliphatic rings. The van der Waals surface area contributed by atoms with Crippen LogP contribution in [-0.2, 0) is 18.3 Å². The average Bonchev–Trinajstić information content (AvgIpc) is 3.24. The molecule has 8 heteroatoms. The summed E-state index contributed by atoms with van der Waals surface area (Å²) in [6.07, 6.45) is 7.15. The Morgan fingerprint density at radius 3 is 2.92 bits per heavy atom. The Kier molecular flexibility index (Phi) is 4.76. The molecule has 0 spiro atoms. The zero-order valence-electron chi connectivity index (χ0n) is 13.0. The number of hydrogen-bond donors (Lipinski definition) is 1. The van der Waals surface area contributed by atoms with Gasteiger partial charge >= 0.3 is 0 Å². The highest BCUT2D eigenvalue weighted by atomic mass is 32.1. The molecule has 0 unspecified atom stereocenters. The fourth-order valence-electron chi connectivity index (χ4n) is 2.15. The first-order valence-electron chi connectivity index (χ1n) is 7.30. The van der Waals surface area contributed by atoms with Gasteiger partial charge in [0.2, 0.25) is 0 Å². The molecule has 0 saturated carbocycles. The van der Waals surface area contributed by atoms with Gasteiger partial charge in [0.05, 0.1) is 17.6 Å². The van der Waals surface area contributed by atoms with E-state index in [1.807, 2.05) is 5.38 Å². The van der Waals surface area contributed by atoms with Gasteiger partial charge in [-0.1, -0.05) is 0 Å². The molecule has 0 aliphatic heterocycles. The van der Waals surface area contributed by atoms with Crippen LogP contribution in [0, 0.1) is 0 Å². The lowest BCUT2D eigenvalue weighted by Gasteiger charge is -2.04. The van der Waals surface area contributed by atoms with Crippen LogP contribution in [0.4, 0.5) is 0 Å². The zero-order valence-corrected chi connectivity index (χ0v) is 13.8. The first kappa shape index (κ1) is 16.0. The SMILES string of the molecule is Cn1cccc1C(=O)C(=O)NCCc1csc(-c2cnccn2)n1. The third kappa shape index (κ3) is 3.54. The van der Waals surface area contributed by atoms with Crippen LogP contribution in [0.5, 0.6) is 0 Å². The standard InChI is InChI=1S/C16H15N5O2S/c1-21-8-2-3-13(21)14(22)15(23)19-5-4-11-10-24-16(20-11)12-9-17-6-7-18-12/h2-3,6-10H,4-5H2,1H3,(H,19,23). The van der Waals surface area contributed by atoms with Crippen LogP contribution in [0.2, 0.25) is 0 Å². The minimum absolute atomic E-state index is 0.346. The molecule has 0 radical (unpaired) electrons. The Bertz CT molecular complexity index is 856. The van der Waals surface area contributed by atoms with Crippen LogP contribution < -0.4 is 5.32 Å². The van der Waals surface area contributed by atoms with Gasteiger partial charge in [0.25, 0.3) is 11.7 Å². The number of aryl methyl sites for hydroxylation is 1. The fourth-order valence-corrected chi connectivity index (χ4v) is 2.96. The van der Waals surface area contributed by atoms with Crippen molar-refractivity contribution in [2.45, 2.75) is 6.42 Å². The van der Waals surface area contributed by atoms with Crippen LogP contribution >= 0.6 is 11.3 Å². The topological polar surface area (TPSA) is 89.8 Å². The lowest BCUT2D eigenvalue weighted by Crippen LogP contribution is -2.33. The van der Waals surface area contributed by atoms with Gasteiger partial charge < -0.3 is 9.88 Å². The van der Waals surface area contributed by atoms with Crippen LogP contribution in [-0.4, -0.2) is 37.8 Å². The number of nitrogens with one attached hydrogen (secondary N) is 1. The number of thiazole rings is 1. The Hall–Kier alpha value is -2.87. The van der Waals surface area contributed by atoms with E-state index >= 15 is 0 Å². The summed E-state index contributed by atoms with van der Waals surface area (Å²) in [5, 5.41) is 5.32. The van der Waals surface area contributed by atoms with Crippen LogP contribution in [0.25, 0.3) is 10.7 Å². The van der Waals surface area contributed by atoms with Crippen LogP contribution in [0.3, 0.4) is 0 Å². The summed E-state index contributed by atoms with van der Waals surface area (Å²) >= 11 is 1.47. The summed E-state index contributed by atoms with van der Waals surface area (Å²) in [4.78, 5) is 36.6. The van der Waals surface area contributed by atoms with Gasteiger partial charge in [-0.2, -0.15) is 0 Å². The third-order valence-corrected chi connectivity index (χ3v) is 4.30. The highest BCUT2D eigenvalue weighted by Crippen LogP contribution is 2.20. The van der Waals surface area contributed by atoms with Crippen LogP contribution in [0.15, 0.2) is 42.3 Å². The smallest absolute Gasteiger partial charge is 0.294 e. The molecule has 1 amide bonds. The van der Waals surface area contributed by atoms with E-state index in [4.69, 9.17) is 0 Å². The largest absolute Gasteiger partial charge is 0.349 e. The third-order valence-electron chi connectivity index (χ3n) is 3.38. The molecule has 3 rings (SSSR count). The maximum Gasteiger partial charge on any atom is 0.294 e. The summed E-state index contributed by atoms with van der Waals surface area (Å²) in [7, 11) is 1.73. The Labute approximate surface area is 142 Å². The van der Waals surface area contributed by atoms with E-state index in [1.54, 1.807) is 48.5 Å². The molecule has 122 valence electrons. The van der Waals surface area contributed by atoms with E-state index in [9.17, 15) is 9.59 Å². The molecule has 0 fully saturated rings. The summed E-state index contributed by atoms with van der Waals surface area (Å²) in [5.41, 5.74) is 1.93. The van der Waals surface area contributed by atoms with Crippen molar-refractivity contribution < 1.29 is 9.59 Å². The Morgan fingerprint density at radius 1 is 1.33 bits per heavy atom. The molecule has 0 saturated heterocycles. The van der Waals surface area contributed by atoms with Gasteiger partial charge in [-0.3, -0.25) is 19.6 Å².